The molecule has 3 rings (SSSR count). The maximum absolute atomic E-state index is 13.8. The van der Waals surface area contributed by atoms with Gasteiger partial charge in [-0.1, -0.05) is 0 Å². The topological polar surface area (TPSA) is 35.6 Å². The second-order valence-corrected chi connectivity index (χ2v) is 6.15. The predicted octanol–water partition coefficient (Wildman–Crippen LogP) is 3.01. The lowest BCUT2D eigenvalue weighted by atomic mass is 10.1. The van der Waals surface area contributed by atoms with E-state index in [-0.39, 0.29) is 11.7 Å². The normalized spacial score (nSPS) is 24.8. The molecule has 2 saturated heterocycles. The minimum absolute atomic E-state index is 0.0810. The highest BCUT2D eigenvalue weighted by atomic mass is 19.4. The molecule has 126 valence electrons. The highest BCUT2D eigenvalue weighted by Crippen LogP contribution is 2.33. The smallest absolute Gasteiger partial charge is 0.320 e. The Kier molecular flexibility index (Phi) is 3.95. The number of anilines is 1. The number of benzene rings is 1. The molecule has 1 aromatic carbocycles. The van der Waals surface area contributed by atoms with Crippen molar-refractivity contribution in [3.63, 3.8) is 0 Å². The van der Waals surface area contributed by atoms with Gasteiger partial charge in [-0.05, 0) is 37.6 Å². The predicted molar refractivity (Wildman–Crippen MR) is 76.5 cm³/mol. The molecule has 1 aromatic rings. The van der Waals surface area contributed by atoms with Crippen LogP contribution in [-0.4, -0.2) is 48.6 Å². The van der Waals surface area contributed by atoms with Crippen LogP contribution in [-0.2, 0) is 6.18 Å². The molecule has 1 N–H and O–H groups in total. The zero-order valence-corrected chi connectivity index (χ0v) is 12.5. The number of amides is 2. The summed E-state index contributed by atoms with van der Waals surface area (Å²) in [6, 6.07) is 1.72. The van der Waals surface area contributed by atoms with Crippen molar-refractivity contribution in [2.45, 2.75) is 18.6 Å². The van der Waals surface area contributed by atoms with Gasteiger partial charge in [0.1, 0.15) is 5.82 Å². The largest absolute Gasteiger partial charge is 0.416 e. The number of urea groups is 1. The van der Waals surface area contributed by atoms with Crippen LogP contribution in [0.5, 0.6) is 0 Å². The maximum atomic E-state index is 13.8. The molecule has 4 nitrogen and oxygen atoms in total. The third-order valence-corrected chi connectivity index (χ3v) is 4.53. The summed E-state index contributed by atoms with van der Waals surface area (Å²) in [5.74, 6) is -0.685. The fourth-order valence-electron chi connectivity index (χ4n) is 3.40. The summed E-state index contributed by atoms with van der Waals surface area (Å²) in [4.78, 5) is 16.1. The Hall–Kier alpha value is -1.83. The standard InChI is InChI=1S/C15H17F4N3O/c1-21-7-9-4-5-22(13(9)8-21)14(23)20-12-3-2-10(6-11(12)16)15(17,18)19/h2-3,6,9,13H,4-5,7-8H2,1H3,(H,20,23)/t9-,13+/m1/s1. The number of likely N-dealkylation sites (tertiary alicyclic amines) is 2. The van der Waals surface area contributed by atoms with Gasteiger partial charge in [-0.25, -0.2) is 9.18 Å². The lowest BCUT2D eigenvalue weighted by Gasteiger charge is -2.24. The summed E-state index contributed by atoms with van der Waals surface area (Å²) in [6.07, 6.45) is -3.72. The summed E-state index contributed by atoms with van der Waals surface area (Å²) in [5.41, 5.74) is -1.32. The van der Waals surface area contributed by atoms with Gasteiger partial charge in [0.2, 0.25) is 0 Å². The average molecular weight is 331 g/mol. The first kappa shape index (κ1) is 16.0. The average Bonchev–Trinajstić information content (AvgIpc) is 2.98. The van der Waals surface area contributed by atoms with Gasteiger partial charge in [0, 0.05) is 19.6 Å². The first-order valence-corrected chi connectivity index (χ1v) is 7.38. The van der Waals surface area contributed by atoms with Crippen molar-refractivity contribution in [1.82, 2.24) is 9.80 Å². The first-order valence-electron chi connectivity index (χ1n) is 7.38. The first-order chi connectivity index (χ1) is 10.8. The van der Waals surface area contributed by atoms with Crippen LogP contribution < -0.4 is 5.32 Å². The fourth-order valence-corrected chi connectivity index (χ4v) is 3.40. The number of alkyl halides is 3. The zero-order chi connectivity index (χ0) is 16.8. The molecule has 2 heterocycles. The third kappa shape index (κ3) is 3.12. The van der Waals surface area contributed by atoms with Gasteiger partial charge in [0.25, 0.3) is 0 Å². The Balaban J connectivity index is 1.71. The number of carbonyl (C=O) groups is 1. The number of likely N-dealkylation sites (N-methyl/N-ethyl adjacent to an activating group) is 1. The number of hydrogen-bond donors (Lipinski definition) is 1. The molecular weight excluding hydrogens is 314 g/mol. The van der Waals surface area contributed by atoms with Crippen LogP contribution in [0.3, 0.4) is 0 Å². The Morgan fingerprint density at radius 2 is 2.04 bits per heavy atom. The molecule has 0 spiro atoms. The van der Waals surface area contributed by atoms with E-state index in [0.717, 1.165) is 31.6 Å². The van der Waals surface area contributed by atoms with Crippen molar-refractivity contribution in [1.29, 1.82) is 0 Å². The highest BCUT2D eigenvalue weighted by molar-refractivity contribution is 5.90. The molecule has 0 aromatic heterocycles. The minimum Gasteiger partial charge on any atom is -0.320 e. The van der Waals surface area contributed by atoms with Gasteiger partial charge < -0.3 is 15.1 Å². The van der Waals surface area contributed by atoms with Crippen LogP contribution in [0.15, 0.2) is 18.2 Å². The number of hydrogen-bond acceptors (Lipinski definition) is 2. The Bertz CT molecular complexity index is 619. The van der Waals surface area contributed by atoms with E-state index in [1.54, 1.807) is 4.90 Å². The molecule has 2 atom stereocenters. The second kappa shape index (κ2) is 5.67. The SMILES string of the molecule is CN1C[C@H]2CCN(C(=O)Nc3ccc(C(F)(F)F)cc3F)[C@H]2C1. The van der Waals surface area contributed by atoms with E-state index in [4.69, 9.17) is 0 Å². The molecule has 2 aliphatic rings. The molecule has 0 aliphatic carbocycles. The van der Waals surface area contributed by atoms with Crippen LogP contribution in [0, 0.1) is 11.7 Å². The van der Waals surface area contributed by atoms with Gasteiger partial charge in [0.05, 0.1) is 17.3 Å². The molecule has 0 saturated carbocycles. The van der Waals surface area contributed by atoms with E-state index in [2.05, 4.69) is 10.2 Å². The van der Waals surface area contributed by atoms with E-state index >= 15 is 0 Å². The third-order valence-electron chi connectivity index (χ3n) is 4.53. The number of nitrogens with zero attached hydrogens (tertiary/aromatic N) is 2. The monoisotopic (exact) mass is 331 g/mol. The van der Waals surface area contributed by atoms with E-state index in [1.807, 2.05) is 7.05 Å². The summed E-state index contributed by atoms with van der Waals surface area (Å²) in [7, 11) is 1.98. The summed E-state index contributed by atoms with van der Waals surface area (Å²) < 4.78 is 51.4. The summed E-state index contributed by atoms with van der Waals surface area (Å²) in [6.45, 7) is 2.26. The molecule has 2 fully saturated rings. The molecule has 23 heavy (non-hydrogen) atoms. The van der Waals surface area contributed by atoms with Crippen LogP contribution in [0.4, 0.5) is 28.0 Å². The Morgan fingerprint density at radius 3 is 2.70 bits per heavy atom. The molecular formula is C15H17F4N3O. The molecule has 8 heteroatoms. The van der Waals surface area contributed by atoms with Crippen LogP contribution in [0.2, 0.25) is 0 Å². The van der Waals surface area contributed by atoms with Gasteiger partial charge in [-0.3, -0.25) is 0 Å². The zero-order valence-electron chi connectivity index (χ0n) is 12.5. The number of fused-ring (bicyclic) bond motifs is 1. The number of rotatable bonds is 1. The Labute approximate surface area is 131 Å². The molecule has 2 amide bonds. The number of halogens is 4. The van der Waals surface area contributed by atoms with E-state index in [0.29, 0.717) is 18.5 Å². The lowest BCUT2D eigenvalue weighted by molar-refractivity contribution is -0.137. The second-order valence-electron chi connectivity index (χ2n) is 6.15. The van der Waals surface area contributed by atoms with E-state index in [9.17, 15) is 22.4 Å². The van der Waals surface area contributed by atoms with Gasteiger partial charge in [0.15, 0.2) is 0 Å². The van der Waals surface area contributed by atoms with Crippen LogP contribution >= 0.6 is 0 Å². The number of carbonyl (C=O) groups excluding carboxylic acids is 1. The van der Waals surface area contributed by atoms with Gasteiger partial charge in [-0.15, -0.1) is 0 Å². The molecule has 2 aliphatic heterocycles. The van der Waals surface area contributed by atoms with Crippen LogP contribution in [0.1, 0.15) is 12.0 Å². The molecule has 0 bridgehead atoms. The van der Waals surface area contributed by atoms with E-state index in [1.165, 1.54) is 0 Å². The van der Waals surface area contributed by atoms with Crippen molar-refractivity contribution >= 4 is 11.7 Å². The fraction of sp³-hybridized carbons (Fsp3) is 0.533. The lowest BCUT2D eigenvalue weighted by Crippen LogP contribution is -2.41. The quantitative estimate of drug-likeness (QED) is 0.803. The highest BCUT2D eigenvalue weighted by Gasteiger charge is 2.42. The molecule has 0 radical (unpaired) electrons. The summed E-state index contributed by atoms with van der Waals surface area (Å²) >= 11 is 0. The van der Waals surface area contributed by atoms with Gasteiger partial charge >= 0.3 is 12.2 Å². The van der Waals surface area contributed by atoms with Crippen molar-refractivity contribution in [2.24, 2.45) is 5.92 Å². The van der Waals surface area contributed by atoms with E-state index < -0.39 is 23.6 Å². The van der Waals surface area contributed by atoms with Crippen molar-refractivity contribution in [2.75, 3.05) is 32.0 Å². The van der Waals surface area contributed by atoms with Crippen molar-refractivity contribution in [3.05, 3.63) is 29.6 Å². The van der Waals surface area contributed by atoms with Crippen molar-refractivity contribution < 1.29 is 22.4 Å². The van der Waals surface area contributed by atoms with Crippen LogP contribution in [0.25, 0.3) is 0 Å². The van der Waals surface area contributed by atoms with Gasteiger partial charge in [-0.2, -0.15) is 13.2 Å². The number of nitrogens with one attached hydrogen (secondary N) is 1. The Morgan fingerprint density at radius 1 is 1.30 bits per heavy atom. The van der Waals surface area contributed by atoms with Crippen molar-refractivity contribution in [3.8, 4) is 0 Å². The maximum Gasteiger partial charge on any atom is 0.416 e. The summed E-state index contributed by atoms with van der Waals surface area (Å²) in [5, 5.41) is 2.38. The molecule has 0 unspecified atom stereocenters. The minimum atomic E-state index is -4.61.